The van der Waals surface area contributed by atoms with Crippen molar-refractivity contribution >= 4 is 17.8 Å². The summed E-state index contributed by atoms with van der Waals surface area (Å²) < 4.78 is 0. The normalized spacial score (nSPS) is 12.6. The number of carboxylic acid groups (broad SMARTS) is 1. The van der Waals surface area contributed by atoms with Crippen LogP contribution in [0.25, 0.3) is 0 Å². The van der Waals surface area contributed by atoms with Gasteiger partial charge in [0.15, 0.2) is 0 Å². The molecule has 2 aromatic rings. The van der Waals surface area contributed by atoms with Gasteiger partial charge in [0.2, 0.25) is 11.8 Å². The van der Waals surface area contributed by atoms with Crippen molar-refractivity contribution in [1.82, 2.24) is 10.6 Å². The molecular formula is C22H26N2O4. The second kappa shape index (κ2) is 10.3. The van der Waals surface area contributed by atoms with Gasteiger partial charge in [-0.25, -0.2) is 0 Å². The molecule has 0 saturated heterocycles. The highest BCUT2D eigenvalue weighted by atomic mass is 16.4. The Kier molecular flexibility index (Phi) is 7.75. The first-order valence-electron chi connectivity index (χ1n) is 9.22. The van der Waals surface area contributed by atoms with Gasteiger partial charge < -0.3 is 15.7 Å². The third-order valence-corrected chi connectivity index (χ3v) is 4.47. The van der Waals surface area contributed by atoms with Gasteiger partial charge in [0, 0.05) is 13.5 Å². The number of benzene rings is 2. The zero-order valence-corrected chi connectivity index (χ0v) is 16.1. The lowest BCUT2D eigenvalue weighted by molar-refractivity contribution is -0.141. The van der Waals surface area contributed by atoms with Gasteiger partial charge in [-0.3, -0.25) is 14.4 Å². The molecule has 0 saturated carbocycles. The molecule has 6 nitrogen and oxygen atoms in total. The Morgan fingerprint density at radius 1 is 1.00 bits per heavy atom. The van der Waals surface area contributed by atoms with Crippen molar-refractivity contribution < 1.29 is 19.5 Å². The Morgan fingerprint density at radius 2 is 1.64 bits per heavy atom. The Labute approximate surface area is 165 Å². The Balaban J connectivity index is 1.97. The van der Waals surface area contributed by atoms with Gasteiger partial charge >= 0.3 is 5.97 Å². The number of aliphatic carboxylic acids is 1. The molecule has 2 rings (SSSR count). The van der Waals surface area contributed by atoms with E-state index in [-0.39, 0.29) is 24.8 Å². The van der Waals surface area contributed by atoms with E-state index in [2.05, 4.69) is 10.6 Å². The third kappa shape index (κ3) is 6.87. The van der Waals surface area contributed by atoms with Crippen molar-refractivity contribution in [2.75, 3.05) is 6.54 Å². The maximum atomic E-state index is 12.4. The Bertz CT molecular complexity index is 803. The van der Waals surface area contributed by atoms with E-state index >= 15 is 0 Å². The molecule has 0 aliphatic rings. The molecule has 6 heteroatoms. The van der Waals surface area contributed by atoms with Gasteiger partial charge in [0.25, 0.3) is 0 Å². The van der Waals surface area contributed by atoms with Crippen LogP contribution in [0.3, 0.4) is 0 Å². The van der Waals surface area contributed by atoms with E-state index < -0.39 is 17.9 Å². The monoisotopic (exact) mass is 382 g/mol. The van der Waals surface area contributed by atoms with Gasteiger partial charge in [-0.15, -0.1) is 0 Å². The maximum Gasteiger partial charge on any atom is 0.308 e. The second-order valence-corrected chi connectivity index (χ2v) is 6.90. The number of carbonyl (C=O) groups excluding carboxylic acids is 2. The highest BCUT2D eigenvalue weighted by Crippen LogP contribution is 2.18. The van der Waals surface area contributed by atoms with E-state index in [1.54, 1.807) is 0 Å². The van der Waals surface area contributed by atoms with Crippen molar-refractivity contribution in [2.24, 2.45) is 5.92 Å². The smallest absolute Gasteiger partial charge is 0.308 e. The van der Waals surface area contributed by atoms with Crippen LogP contribution < -0.4 is 10.6 Å². The van der Waals surface area contributed by atoms with Crippen LogP contribution in [0, 0.1) is 12.8 Å². The SMILES string of the molecule is CC(=O)NC(CC(=O)NCC(Cc1ccccc1)C(=O)O)c1ccc(C)cc1. The summed E-state index contributed by atoms with van der Waals surface area (Å²) in [6.45, 7) is 3.39. The summed E-state index contributed by atoms with van der Waals surface area (Å²) in [5.74, 6) is -2.21. The molecule has 0 spiro atoms. The van der Waals surface area contributed by atoms with Crippen molar-refractivity contribution in [3.8, 4) is 0 Å². The van der Waals surface area contributed by atoms with Crippen LogP contribution >= 0.6 is 0 Å². The van der Waals surface area contributed by atoms with Gasteiger partial charge in [0.1, 0.15) is 0 Å². The summed E-state index contributed by atoms with van der Waals surface area (Å²) in [4.78, 5) is 35.4. The van der Waals surface area contributed by atoms with Crippen LogP contribution in [0.15, 0.2) is 54.6 Å². The molecule has 2 unspecified atom stereocenters. The summed E-state index contributed by atoms with van der Waals surface area (Å²) in [6, 6.07) is 16.4. The molecule has 0 aromatic heterocycles. The largest absolute Gasteiger partial charge is 0.481 e. The predicted molar refractivity (Wildman–Crippen MR) is 107 cm³/mol. The summed E-state index contributed by atoms with van der Waals surface area (Å²) in [5, 5.41) is 14.9. The Morgan fingerprint density at radius 3 is 2.21 bits per heavy atom. The lowest BCUT2D eigenvalue weighted by atomic mass is 9.99. The summed E-state index contributed by atoms with van der Waals surface area (Å²) in [5.41, 5.74) is 2.81. The molecule has 148 valence electrons. The van der Waals surface area contributed by atoms with Crippen LogP contribution in [0.4, 0.5) is 0 Å². The van der Waals surface area contributed by atoms with Crippen LogP contribution in [0.5, 0.6) is 0 Å². The summed E-state index contributed by atoms with van der Waals surface area (Å²) >= 11 is 0. The average molecular weight is 382 g/mol. The minimum absolute atomic E-state index is 0.0315. The van der Waals surface area contributed by atoms with Gasteiger partial charge in [-0.2, -0.15) is 0 Å². The molecule has 0 aliphatic heterocycles. The quantitative estimate of drug-likeness (QED) is 0.621. The van der Waals surface area contributed by atoms with E-state index in [4.69, 9.17) is 0 Å². The number of carbonyl (C=O) groups is 3. The van der Waals surface area contributed by atoms with Gasteiger partial charge in [0.05, 0.1) is 18.4 Å². The summed E-state index contributed by atoms with van der Waals surface area (Å²) in [7, 11) is 0. The molecule has 0 radical (unpaired) electrons. The molecule has 2 atom stereocenters. The van der Waals surface area contributed by atoms with E-state index in [0.717, 1.165) is 16.7 Å². The first-order chi connectivity index (χ1) is 13.3. The number of carboxylic acids is 1. The van der Waals surface area contributed by atoms with Crippen molar-refractivity contribution in [3.63, 3.8) is 0 Å². The fourth-order valence-corrected chi connectivity index (χ4v) is 2.94. The Hall–Kier alpha value is -3.15. The molecule has 0 aliphatic carbocycles. The topological polar surface area (TPSA) is 95.5 Å². The van der Waals surface area contributed by atoms with E-state index in [9.17, 15) is 19.5 Å². The number of aryl methyl sites for hydroxylation is 1. The minimum atomic E-state index is -0.957. The van der Waals surface area contributed by atoms with E-state index in [1.807, 2.05) is 61.5 Å². The summed E-state index contributed by atoms with van der Waals surface area (Å²) in [6.07, 6.45) is 0.379. The number of hydrogen-bond acceptors (Lipinski definition) is 3. The lowest BCUT2D eigenvalue weighted by Crippen LogP contribution is -2.37. The van der Waals surface area contributed by atoms with Crippen LogP contribution in [0.2, 0.25) is 0 Å². The van der Waals surface area contributed by atoms with E-state index in [0.29, 0.717) is 6.42 Å². The van der Waals surface area contributed by atoms with Crippen LogP contribution in [0.1, 0.15) is 36.1 Å². The second-order valence-electron chi connectivity index (χ2n) is 6.90. The molecule has 0 bridgehead atoms. The number of hydrogen-bond donors (Lipinski definition) is 3. The molecule has 3 N–H and O–H groups in total. The molecule has 28 heavy (non-hydrogen) atoms. The predicted octanol–water partition coefficient (Wildman–Crippen LogP) is 2.62. The molecule has 2 amide bonds. The van der Waals surface area contributed by atoms with Gasteiger partial charge in [-0.05, 0) is 24.5 Å². The van der Waals surface area contributed by atoms with Crippen molar-refractivity contribution in [1.29, 1.82) is 0 Å². The van der Waals surface area contributed by atoms with Crippen LogP contribution in [-0.4, -0.2) is 29.4 Å². The lowest BCUT2D eigenvalue weighted by Gasteiger charge is -2.19. The average Bonchev–Trinajstić information content (AvgIpc) is 2.65. The fraction of sp³-hybridized carbons (Fsp3) is 0.318. The first kappa shape index (κ1) is 21.2. The zero-order valence-electron chi connectivity index (χ0n) is 16.1. The van der Waals surface area contributed by atoms with Crippen LogP contribution in [-0.2, 0) is 20.8 Å². The van der Waals surface area contributed by atoms with Crippen molar-refractivity contribution in [3.05, 3.63) is 71.3 Å². The molecule has 0 heterocycles. The zero-order chi connectivity index (χ0) is 20.5. The highest BCUT2D eigenvalue weighted by Gasteiger charge is 2.21. The standard InChI is InChI=1S/C22H26N2O4/c1-15-8-10-18(11-9-15)20(24-16(2)25)13-21(26)23-14-19(22(27)28)12-17-6-4-3-5-7-17/h3-11,19-20H,12-14H2,1-2H3,(H,23,26)(H,24,25)(H,27,28). The first-order valence-corrected chi connectivity index (χ1v) is 9.22. The third-order valence-electron chi connectivity index (χ3n) is 4.47. The molecular weight excluding hydrogens is 356 g/mol. The van der Waals surface area contributed by atoms with E-state index in [1.165, 1.54) is 6.92 Å². The maximum absolute atomic E-state index is 12.4. The van der Waals surface area contributed by atoms with Gasteiger partial charge in [-0.1, -0.05) is 60.2 Å². The number of rotatable bonds is 9. The molecule has 2 aromatic carbocycles. The van der Waals surface area contributed by atoms with Crippen molar-refractivity contribution in [2.45, 2.75) is 32.7 Å². The minimum Gasteiger partial charge on any atom is -0.481 e. The fourth-order valence-electron chi connectivity index (χ4n) is 2.94. The number of amides is 2. The highest BCUT2D eigenvalue weighted by molar-refractivity contribution is 5.80. The molecule has 0 fully saturated rings. The number of nitrogens with one attached hydrogen (secondary N) is 2.